The largest absolute Gasteiger partial charge is 0.469 e. The molecule has 0 bridgehead atoms. The molecule has 160 valence electrons. The molecular weight excluding hydrogens is 428 g/mol. The molecule has 2 unspecified atom stereocenters. The van der Waals surface area contributed by atoms with E-state index in [-0.39, 0.29) is 17.9 Å². The van der Waals surface area contributed by atoms with Crippen LogP contribution in [-0.4, -0.2) is 58.9 Å². The van der Waals surface area contributed by atoms with E-state index in [9.17, 15) is 18.9 Å². The Kier molecular flexibility index (Phi) is 4.88. The zero-order chi connectivity index (χ0) is 21.2. The lowest BCUT2D eigenvalue weighted by atomic mass is 9.83. The van der Waals surface area contributed by atoms with Crippen LogP contribution in [0.3, 0.4) is 0 Å². The summed E-state index contributed by atoms with van der Waals surface area (Å²) in [6, 6.07) is -0.167. The van der Waals surface area contributed by atoms with E-state index < -0.39 is 33.8 Å². The molecule has 2 aliphatic carbocycles. The maximum atomic E-state index is 11.6. The molecule has 2 saturated carbocycles. The number of hydrogen-bond donors (Lipinski definition) is 5. The molecule has 5 N–H and O–H groups in total. The van der Waals surface area contributed by atoms with E-state index in [0.717, 1.165) is 0 Å². The Morgan fingerprint density at radius 1 is 1.24 bits per heavy atom. The van der Waals surface area contributed by atoms with Crippen molar-refractivity contribution in [2.45, 2.75) is 25.5 Å². The smallest absolute Gasteiger partial charge is 0.371 e. The minimum Gasteiger partial charge on any atom is -0.371 e. The SMILES string of the molecule is CNc1ncnc2c1ncn2C1C2[C@H]1C[C@](C)(COP(=O)(O)O)[C@H]2OP(=O)(O)O. The fourth-order valence-electron chi connectivity index (χ4n) is 4.52. The number of nitrogens with one attached hydrogen (secondary N) is 1. The summed E-state index contributed by atoms with van der Waals surface area (Å²) in [5.41, 5.74) is 0.169. The number of phosphoric acid groups is 2. The maximum Gasteiger partial charge on any atom is 0.469 e. The predicted octanol–water partition coefficient (Wildman–Crippen LogP) is 0.652. The summed E-state index contributed by atoms with van der Waals surface area (Å²) in [7, 11) is -7.87. The predicted molar refractivity (Wildman–Crippen MR) is 98.5 cm³/mol. The first-order valence-electron chi connectivity index (χ1n) is 8.73. The highest BCUT2D eigenvalue weighted by Crippen LogP contribution is 2.70. The van der Waals surface area contributed by atoms with Crippen LogP contribution in [0.2, 0.25) is 0 Å². The highest BCUT2D eigenvalue weighted by Gasteiger charge is 2.69. The van der Waals surface area contributed by atoms with Crippen molar-refractivity contribution in [1.29, 1.82) is 0 Å². The molecule has 2 aromatic heterocycles. The number of nitrogens with zero attached hydrogens (tertiary/aromatic N) is 4. The third-order valence-corrected chi connectivity index (χ3v) is 6.62. The van der Waals surface area contributed by atoms with Crippen molar-refractivity contribution in [3.8, 4) is 0 Å². The van der Waals surface area contributed by atoms with Crippen LogP contribution >= 0.6 is 15.6 Å². The molecule has 2 fully saturated rings. The van der Waals surface area contributed by atoms with E-state index in [1.54, 1.807) is 20.3 Å². The van der Waals surface area contributed by atoms with E-state index in [1.165, 1.54) is 6.33 Å². The van der Waals surface area contributed by atoms with Gasteiger partial charge in [-0.25, -0.2) is 24.1 Å². The van der Waals surface area contributed by atoms with Crippen LogP contribution < -0.4 is 5.32 Å². The van der Waals surface area contributed by atoms with Crippen molar-refractivity contribution in [3.05, 3.63) is 12.7 Å². The van der Waals surface area contributed by atoms with E-state index in [4.69, 9.17) is 14.3 Å². The summed E-state index contributed by atoms with van der Waals surface area (Å²) in [6.07, 6.45) is 2.43. The molecule has 0 radical (unpaired) electrons. The summed E-state index contributed by atoms with van der Waals surface area (Å²) < 4.78 is 34.2. The van der Waals surface area contributed by atoms with Gasteiger partial charge in [0.05, 0.1) is 19.0 Å². The lowest BCUT2D eigenvalue weighted by Crippen LogP contribution is -2.37. The van der Waals surface area contributed by atoms with Crippen LogP contribution in [-0.2, 0) is 18.2 Å². The molecule has 0 spiro atoms. The van der Waals surface area contributed by atoms with E-state index in [2.05, 4.69) is 24.8 Å². The van der Waals surface area contributed by atoms with Gasteiger partial charge >= 0.3 is 15.6 Å². The molecule has 5 atom stereocenters. The summed E-state index contributed by atoms with van der Waals surface area (Å²) in [5, 5.41) is 2.93. The monoisotopic (exact) mass is 449 g/mol. The molecular formula is C14H21N5O8P2. The number of imidazole rings is 1. The summed E-state index contributed by atoms with van der Waals surface area (Å²) in [5.74, 6) is 0.225. The molecule has 0 aliphatic heterocycles. The Labute approximate surface area is 165 Å². The van der Waals surface area contributed by atoms with Crippen LogP contribution in [0, 0.1) is 17.3 Å². The average Bonchev–Trinajstić information content (AvgIpc) is 2.98. The zero-order valence-electron chi connectivity index (χ0n) is 15.5. The van der Waals surface area contributed by atoms with Crippen LogP contribution in [0.15, 0.2) is 12.7 Å². The Bertz CT molecular complexity index is 1040. The molecule has 13 nitrogen and oxygen atoms in total. The molecule has 0 amide bonds. The lowest BCUT2D eigenvalue weighted by molar-refractivity contribution is -0.00469. The van der Waals surface area contributed by atoms with Gasteiger partial charge in [-0.1, -0.05) is 6.92 Å². The van der Waals surface area contributed by atoms with Crippen LogP contribution in [0.1, 0.15) is 19.4 Å². The highest BCUT2D eigenvalue weighted by atomic mass is 31.2. The van der Waals surface area contributed by atoms with Gasteiger partial charge in [-0.05, 0) is 12.3 Å². The molecule has 2 heterocycles. The molecule has 0 aromatic carbocycles. The van der Waals surface area contributed by atoms with E-state index >= 15 is 0 Å². The second kappa shape index (κ2) is 6.79. The number of hydrogen-bond acceptors (Lipinski definition) is 8. The number of rotatable bonds is 7. The summed E-state index contributed by atoms with van der Waals surface area (Å²) in [6.45, 7) is 1.25. The minimum absolute atomic E-state index is 0.0395. The molecule has 2 aromatic rings. The van der Waals surface area contributed by atoms with Crippen molar-refractivity contribution < 1.29 is 37.8 Å². The van der Waals surface area contributed by atoms with Gasteiger partial charge in [-0.3, -0.25) is 9.05 Å². The fraction of sp³-hybridized carbons (Fsp3) is 0.643. The fourth-order valence-corrected chi connectivity index (χ4v) is 5.68. The second-order valence-corrected chi connectivity index (χ2v) is 10.1. The lowest BCUT2D eigenvalue weighted by Gasteiger charge is -2.34. The Morgan fingerprint density at radius 3 is 2.59 bits per heavy atom. The zero-order valence-corrected chi connectivity index (χ0v) is 17.3. The van der Waals surface area contributed by atoms with Gasteiger partial charge in [0.25, 0.3) is 0 Å². The number of phosphoric ester groups is 2. The second-order valence-electron chi connectivity index (χ2n) is 7.67. The summed E-state index contributed by atoms with van der Waals surface area (Å²) in [4.78, 5) is 49.5. The normalized spacial score (nSPS) is 31.8. The van der Waals surface area contributed by atoms with Gasteiger partial charge in [0.1, 0.15) is 11.8 Å². The van der Waals surface area contributed by atoms with Crippen molar-refractivity contribution >= 4 is 32.6 Å². The number of aromatic nitrogens is 4. The standard InChI is InChI=1S/C14H21N5O8P2/c1-14(4-26-28(20,21)22)3-7-8(11(14)27-29(23,24)25)10(7)19-6-18-9-12(15-2)16-5-17-13(9)19/h5-8,10-11H,3-4H2,1-2H3,(H,15,16,17)(H2,20,21,22)(H2,23,24,25)/t7-,8?,10?,11+,14-/m1/s1. The summed E-state index contributed by atoms with van der Waals surface area (Å²) >= 11 is 0. The van der Waals surface area contributed by atoms with Crippen molar-refractivity contribution in [2.24, 2.45) is 17.3 Å². The topological polar surface area (TPSA) is 189 Å². The van der Waals surface area contributed by atoms with Gasteiger partial charge in [-0.15, -0.1) is 0 Å². The van der Waals surface area contributed by atoms with Crippen molar-refractivity contribution in [3.63, 3.8) is 0 Å². The maximum absolute atomic E-state index is 11.6. The highest BCUT2D eigenvalue weighted by molar-refractivity contribution is 7.46. The first-order chi connectivity index (χ1) is 13.4. The Hall–Kier alpha value is -1.43. The van der Waals surface area contributed by atoms with Gasteiger partial charge in [0, 0.05) is 24.4 Å². The van der Waals surface area contributed by atoms with Crippen molar-refractivity contribution in [2.75, 3.05) is 19.0 Å². The Balaban J connectivity index is 1.64. The molecule has 15 heteroatoms. The molecule has 4 rings (SSSR count). The van der Waals surface area contributed by atoms with Gasteiger partial charge in [-0.2, -0.15) is 0 Å². The average molecular weight is 449 g/mol. The third-order valence-electron chi connectivity index (χ3n) is 5.66. The molecule has 29 heavy (non-hydrogen) atoms. The van der Waals surface area contributed by atoms with Crippen LogP contribution in [0.4, 0.5) is 5.82 Å². The number of fused-ring (bicyclic) bond motifs is 2. The molecule has 0 saturated heterocycles. The Morgan fingerprint density at radius 2 is 1.97 bits per heavy atom. The van der Waals surface area contributed by atoms with E-state index in [1.807, 2.05) is 4.57 Å². The minimum atomic E-state index is -4.84. The van der Waals surface area contributed by atoms with Crippen molar-refractivity contribution in [1.82, 2.24) is 19.5 Å². The number of anilines is 1. The van der Waals surface area contributed by atoms with Crippen LogP contribution in [0.25, 0.3) is 11.2 Å². The van der Waals surface area contributed by atoms with Gasteiger partial charge < -0.3 is 29.5 Å². The van der Waals surface area contributed by atoms with Gasteiger partial charge in [0.15, 0.2) is 11.5 Å². The van der Waals surface area contributed by atoms with Gasteiger partial charge in [0.2, 0.25) is 0 Å². The van der Waals surface area contributed by atoms with Crippen LogP contribution in [0.5, 0.6) is 0 Å². The quantitative estimate of drug-likeness (QED) is 0.372. The van der Waals surface area contributed by atoms with E-state index in [0.29, 0.717) is 23.4 Å². The third kappa shape index (κ3) is 3.85. The first kappa shape index (κ1) is 20.8. The molecule has 2 aliphatic rings. The first-order valence-corrected chi connectivity index (χ1v) is 11.8.